The first kappa shape index (κ1) is 17.5. The number of hydrogen-bond donors (Lipinski definition) is 0. The van der Waals surface area contributed by atoms with Crippen molar-refractivity contribution >= 4 is 11.8 Å². The largest absolute Gasteiger partial charge is 0.457 e. The summed E-state index contributed by atoms with van der Waals surface area (Å²) >= 11 is 0. The van der Waals surface area contributed by atoms with Crippen LogP contribution in [0.2, 0.25) is 0 Å². The molecule has 0 N–H and O–H groups in total. The van der Waals surface area contributed by atoms with Crippen molar-refractivity contribution in [1.29, 1.82) is 0 Å². The van der Waals surface area contributed by atoms with Crippen molar-refractivity contribution in [1.82, 2.24) is 0 Å². The van der Waals surface area contributed by atoms with Gasteiger partial charge in [0.05, 0.1) is 5.56 Å². The Morgan fingerprint density at radius 2 is 1.58 bits per heavy atom. The summed E-state index contributed by atoms with van der Waals surface area (Å²) in [5.74, 6) is -1.22. The molecule has 3 aromatic rings. The van der Waals surface area contributed by atoms with Gasteiger partial charge in [-0.25, -0.2) is 9.18 Å². The van der Waals surface area contributed by atoms with Gasteiger partial charge in [-0.2, -0.15) is 0 Å². The molecular weight excluding hydrogens is 331 g/mol. The lowest BCUT2D eigenvalue weighted by Crippen LogP contribution is -2.07. The number of benzene rings is 3. The minimum absolute atomic E-state index is 0.129. The second-order valence-electron chi connectivity index (χ2n) is 5.86. The van der Waals surface area contributed by atoms with Crippen LogP contribution in [0.15, 0.2) is 72.8 Å². The number of hydrogen-bond acceptors (Lipinski definition) is 3. The summed E-state index contributed by atoms with van der Waals surface area (Å²) in [5.41, 5.74) is 2.09. The Balaban J connectivity index is 1.92. The van der Waals surface area contributed by atoms with Gasteiger partial charge in [0.25, 0.3) is 0 Å². The molecule has 0 atom stereocenters. The number of carbonyl (C=O) groups is 2. The minimum atomic E-state index is -0.544. The quantitative estimate of drug-likeness (QED) is 0.478. The van der Waals surface area contributed by atoms with Crippen LogP contribution in [0.1, 0.15) is 33.2 Å². The van der Waals surface area contributed by atoms with Crippen molar-refractivity contribution in [3.05, 3.63) is 95.3 Å². The average molecular weight is 348 g/mol. The molecule has 130 valence electrons. The number of esters is 1. The molecule has 0 amide bonds. The van der Waals surface area contributed by atoms with Crippen molar-refractivity contribution in [3.63, 3.8) is 0 Å². The number of ketones is 1. The van der Waals surface area contributed by atoms with E-state index >= 15 is 0 Å². The molecule has 3 nitrogen and oxygen atoms in total. The van der Waals surface area contributed by atoms with Crippen LogP contribution in [-0.4, -0.2) is 11.8 Å². The van der Waals surface area contributed by atoms with E-state index in [1.165, 1.54) is 25.1 Å². The van der Waals surface area contributed by atoms with Gasteiger partial charge in [-0.3, -0.25) is 4.79 Å². The molecule has 0 aliphatic rings. The Bertz CT molecular complexity index is 949. The smallest absolute Gasteiger partial charge is 0.339 e. The second kappa shape index (κ2) is 7.74. The summed E-state index contributed by atoms with van der Waals surface area (Å²) in [5, 5.41) is 0. The molecular formula is C22H17FO3. The zero-order valence-electron chi connectivity index (χ0n) is 14.2. The van der Waals surface area contributed by atoms with Crippen molar-refractivity contribution in [2.24, 2.45) is 0 Å². The van der Waals surface area contributed by atoms with E-state index < -0.39 is 11.8 Å². The first-order chi connectivity index (χ1) is 12.6. The summed E-state index contributed by atoms with van der Waals surface area (Å²) in [6.45, 7) is 1.54. The molecule has 4 heteroatoms. The van der Waals surface area contributed by atoms with Crippen LogP contribution < -0.4 is 0 Å². The number of Topliss-reactive ketones (excluding diaryl/α,β-unsaturated/α-hetero) is 1. The van der Waals surface area contributed by atoms with Crippen LogP contribution >= 0.6 is 0 Å². The van der Waals surface area contributed by atoms with Crippen molar-refractivity contribution < 1.29 is 18.7 Å². The molecule has 0 radical (unpaired) electrons. The lowest BCUT2D eigenvalue weighted by Gasteiger charge is -2.11. The molecule has 0 aromatic heterocycles. The SMILES string of the molecule is CC(=O)c1ccc(F)c(-c2ccccc2C(=O)OCc2ccccc2)c1. The maximum Gasteiger partial charge on any atom is 0.339 e. The third kappa shape index (κ3) is 3.86. The maximum absolute atomic E-state index is 14.3. The van der Waals surface area contributed by atoms with E-state index in [9.17, 15) is 14.0 Å². The lowest BCUT2D eigenvalue weighted by molar-refractivity contribution is 0.0473. The highest BCUT2D eigenvalue weighted by Crippen LogP contribution is 2.28. The maximum atomic E-state index is 14.3. The highest BCUT2D eigenvalue weighted by atomic mass is 19.1. The van der Waals surface area contributed by atoms with E-state index in [2.05, 4.69) is 0 Å². The Hall–Kier alpha value is -3.27. The molecule has 0 unspecified atom stereocenters. The zero-order valence-corrected chi connectivity index (χ0v) is 14.2. The number of ether oxygens (including phenoxy) is 1. The van der Waals surface area contributed by atoms with Gasteiger partial charge in [0.2, 0.25) is 0 Å². The molecule has 3 rings (SSSR count). The summed E-state index contributed by atoms with van der Waals surface area (Å²) in [6.07, 6.45) is 0. The highest BCUT2D eigenvalue weighted by molar-refractivity contribution is 5.99. The lowest BCUT2D eigenvalue weighted by atomic mass is 9.96. The number of rotatable bonds is 5. The topological polar surface area (TPSA) is 43.4 Å². The Kier molecular flexibility index (Phi) is 5.23. The van der Waals surface area contributed by atoms with Gasteiger partial charge in [0.1, 0.15) is 12.4 Å². The Morgan fingerprint density at radius 1 is 0.885 bits per heavy atom. The van der Waals surface area contributed by atoms with Crippen LogP contribution in [0.3, 0.4) is 0 Å². The van der Waals surface area contributed by atoms with Gasteiger partial charge < -0.3 is 4.74 Å². The molecule has 0 saturated carbocycles. The van der Waals surface area contributed by atoms with E-state index in [1.54, 1.807) is 24.3 Å². The zero-order chi connectivity index (χ0) is 18.5. The van der Waals surface area contributed by atoms with Crippen LogP contribution in [-0.2, 0) is 11.3 Å². The third-order valence-corrected chi connectivity index (χ3v) is 4.02. The molecule has 26 heavy (non-hydrogen) atoms. The van der Waals surface area contributed by atoms with Crippen molar-refractivity contribution in [3.8, 4) is 11.1 Å². The molecule has 0 saturated heterocycles. The van der Waals surface area contributed by atoms with E-state index in [-0.39, 0.29) is 23.5 Å². The molecule has 0 spiro atoms. The summed E-state index contributed by atoms with van der Waals surface area (Å²) in [4.78, 5) is 24.1. The Morgan fingerprint density at radius 3 is 2.31 bits per heavy atom. The van der Waals surface area contributed by atoms with Gasteiger partial charge >= 0.3 is 5.97 Å². The van der Waals surface area contributed by atoms with Crippen LogP contribution in [0.25, 0.3) is 11.1 Å². The first-order valence-corrected chi connectivity index (χ1v) is 8.17. The fourth-order valence-corrected chi connectivity index (χ4v) is 2.65. The monoisotopic (exact) mass is 348 g/mol. The van der Waals surface area contributed by atoms with E-state index in [1.807, 2.05) is 30.3 Å². The summed E-state index contributed by atoms with van der Waals surface area (Å²) < 4.78 is 19.7. The van der Waals surface area contributed by atoms with E-state index in [0.29, 0.717) is 11.1 Å². The number of carbonyl (C=O) groups excluding carboxylic acids is 2. The fourth-order valence-electron chi connectivity index (χ4n) is 2.65. The highest BCUT2D eigenvalue weighted by Gasteiger charge is 2.17. The molecule has 0 aliphatic heterocycles. The molecule has 0 heterocycles. The van der Waals surface area contributed by atoms with E-state index in [0.717, 1.165) is 5.56 Å². The normalized spacial score (nSPS) is 10.4. The average Bonchev–Trinajstić information content (AvgIpc) is 2.67. The Labute approximate surface area is 151 Å². The van der Waals surface area contributed by atoms with Gasteiger partial charge in [0.15, 0.2) is 5.78 Å². The predicted molar refractivity (Wildman–Crippen MR) is 97.4 cm³/mol. The van der Waals surface area contributed by atoms with Gasteiger partial charge in [-0.05, 0) is 42.3 Å². The van der Waals surface area contributed by atoms with E-state index in [4.69, 9.17) is 4.74 Å². The van der Waals surface area contributed by atoms with Crippen LogP contribution in [0, 0.1) is 5.82 Å². The standard InChI is InChI=1S/C22H17FO3/c1-15(24)17-11-12-21(23)20(13-17)18-9-5-6-10-19(18)22(25)26-14-16-7-3-2-4-8-16/h2-13H,14H2,1H3. The van der Waals surface area contributed by atoms with Gasteiger partial charge in [-0.15, -0.1) is 0 Å². The van der Waals surface area contributed by atoms with Crippen molar-refractivity contribution in [2.45, 2.75) is 13.5 Å². The van der Waals surface area contributed by atoms with Crippen molar-refractivity contribution in [2.75, 3.05) is 0 Å². The first-order valence-electron chi connectivity index (χ1n) is 8.17. The summed E-state index contributed by atoms with van der Waals surface area (Å²) in [7, 11) is 0. The minimum Gasteiger partial charge on any atom is -0.457 e. The molecule has 0 fully saturated rings. The van der Waals surface area contributed by atoms with Crippen LogP contribution in [0.4, 0.5) is 4.39 Å². The third-order valence-electron chi connectivity index (χ3n) is 4.02. The molecule has 0 bridgehead atoms. The fraction of sp³-hybridized carbons (Fsp3) is 0.0909. The number of halogens is 1. The van der Waals surface area contributed by atoms with Crippen LogP contribution in [0.5, 0.6) is 0 Å². The second-order valence-corrected chi connectivity index (χ2v) is 5.86. The summed E-state index contributed by atoms with van der Waals surface area (Å²) in [6, 6.07) is 20.1. The predicted octanol–water partition coefficient (Wildman–Crippen LogP) is 5.05. The molecule has 3 aromatic carbocycles. The van der Waals surface area contributed by atoms with Gasteiger partial charge in [-0.1, -0.05) is 48.5 Å². The van der Waals surface area contributed by atoms with Gasteiger partial charge in [0, 0.05) is 11.1 Å². The molecule has 0 aliphatic carbocycles.